The van der Waals surface area contributed by atoms with Crippen LogP contribution in [0, 0.1) is 0 Å². The fourth-order valence-electron chi connectivity index (χ4n) is 1.56. The molecule has 0 radical (unpaired) electrons. The Bertz CT molecular complexity index is 509. The van der Waals surface area contributed by atoms with E-state index in [1.54, 1.807) is 35.6 Å². The number of carbonyl (C=O) groups is 1. The maximum Gasteiger partial charge on any atom is 0.250 e. The van der Waals surface area contributed by atoms with Gasteiger partial charge in [0, 0.05) is 22.7 Å². The standard InChI is InChI=1S/C14H16N2O2S/c15-11-3-5-12(6-4-11)16-14(17)10-18-8-7-13-2-1-9-19-13/h1-6,9H,7-8,10,15H2,(H,16,17). The molecule has 4 nitrogen and oxygen atoms in total. The van der Waals surface area contributed by atoms with Gasteiger partial charge < -0.3 is 15.8 Å². The summed E-state index contributed by atoms with van der Waals surface area (Å²) in [5.41, 5.74) is 6.96. The van der Waals surface area contributed by atoms with E-state index in [9.17, 15) is 4.79 Å². The lowest BCUT2D eigenvalue weighted by Gasteiger charge is -2.06. The van der Waals surface area contributed by atoms with Crippen molar-refractivity contribution in [3.8, 4) is 0 Å². The number of benzene rings is 1. The number of hydrogen-bond acceptors (Lipinski definition) is 4. The monoisotopic (exact) mass is 276 g/mol. The SMILES string of the molecule is Nc1ccc(NC(=O)COCCc2cccs2)cc1. The van der Waals surface area contributed by atoms with Crippen LogP contribution >= 0.6 is 11.3 Å². The van der Waals surface area contributed by atoms with Crippen molar-refractivity contribution >= 4 is 28.6 Å². The molecule has 0 bridgehead atoms. The normalized spacial score (nSPS) is 10.3. The van der Waals surface area contributed by atoms with Crippen LogP contribution in [0.1, 0.15) is 4.88 Å². The van der Waals surface area contributed by atoms with Gasteiger partial charge in [-0.25, -0.2) is 0 Å². The molecular weight excluding hydrogens is 260 g/mol. The van der Waals surface area contributed by atoms with Crippen molar-refractivity contribution in [2.45, 2.75) is 6.42 Å². The zero-order valence-corrected chi connectivity index (χ0v) is 11.3. The number of hydrogen-bond donors (Lipinski definition) is 2. The molecular formula is C14H16N2O2S. The first kappa shape index (κ1) is 13.6. The maximum absolute atomic E-state index is 11.6. The minimum absolute atomic E-state index is 0.0652. The van der Waals surface area contributed by atoms with E-state index in [1.807, 2.05) is 11.4 Å². The lowest BCUT2D eigenvalue weighted by molar-refractivity contribution is -0.120. The molecule has 100 valence electrons. The molecule has 1 aromatic heterocycles. The molecule has 19 heavy (non-hydrogen) atoms. The maximum atomic E-state index is 11.6. The van der Waals surface area contributed by atoms with E-state index in [2.05, 4.69) is 11.4 Å². The van der Waals surface area contributed by atoms with Gasteiger partial charge in [0.25, 0.3) is 0 Å². The zero-order chi connectivity index (χ0) is 13.5. The van der Waals surface area contributed by atoms with Crippen LogP contribution < -0.4 is 11.1 Å². The van der Waals surface area contributed by atoms with Gasteiger partial charge in [-0.05, 0) is 35.7 Å². The average molecular weight is 276 g/mol. The average Bonchev–Trinajstić information content (AvgIpc) is 2.91. The molecule has 0 saturated heterocycles. The summed E-state index contributed by atoms with van der Waals surface area (Å²) in [5.74, 6) is -0.157. The second kappa shape index (κ2) is 6.92. The molecule has 2 rings (SSSR count). The largest absolute Gasteiger partial charge is 0.399 e. The molecule has 0 spiro atoms. The van der Waals surface area contributed by atoms with Crippen molar-refractivity contribution in [1.82, 2.24) is 0 Å². The van der Waals surface area contributed by atoms with E-state index in [4.69, 9.17) is 10.5 Å². The highest BCUT2D eigenvalue weighted by molar-refractivity contribution is 7.09. The molecule has 1 aromatic carbocycles. The molecule has 3 N–H and O–H groups in total. The van der Waals surface area contributed by atoms with Crippen molar-refractivity contribution in [1.29, 1.82) is 0 Å². The number of rotatable bonds is 6. The third-order valence-electron chi connectivity index (χ3n) is 2.50. The summed E-state index contributed by atoms with van der Waals surface area (Å²) < 4.78 is 5.33. The van der Waals surface area contributed by atoms with E-state index < -0.39 is 0 Å². The third kappa shape index (κ3) is 4.73. The van der Waals surface area contributed by atoms with Gasteiger partial charge in [0.1, 0.15) is 6.61 Å². The predicted molar refractivity (Wildman–Crippen MR) is 78.3 cm³/mol. The van der Waals surface area contributed by atoms with E-state index in [1.165, 1.54) is 4.88 Å². The molecule has 0 aliphatic heterocycles. The number of nitrogens with two attached hydrogens (primary N) is 1. The number of ether oxygens (including phenoxy) is 1. The number of anilines is 2. The first-order valence-corrected chi connectivity index (χ1v) is 6.87. The molecule has 0 aliphatic rings. The first-order chi connectivity index (χ1) is 9.24. The van der Waals surface area contributed by atoms with Gasteiger partial charge in [-0.15, -0.1) is 11.3 Å². The Morgan fingerprint density at radius 1 is 1.26 bits per heavy atom. The van der Waals surface area contributed by atoms with Crippen LogP contribution in [0.25, 0.3) is 0 Å². The van der Waals surface area contributed by atoms with E-state index in [0.717, 1.165) is 12.1 Å². The molecule has 0 fully saturated rings. The summed E-state index contributed by atoms with van der Waals surface area (Å²) in [4.78, 5) is 12.9. The van der Waals surface area contributed by atoms with Gasteiger partial charge >= 0.3 is 0 Å². The molecule has 0 atom stereocenters. The van der Waals surface area contributed by atoms with E-state index in [-0.39, 0.29) is 12.5 Å². The van der Waals surface area contributed by atoms with Gasteiger partial charge in [-0.1, -0.05) is 6.07 Å². The van der Waals surface area contributed by atoms with Crippen LogP contribution in [0.15, 0.2) is 41.8 Å². The molecule has 0 saturated carbocycles. The number of amides is 1. The highest BCUT2D eigenvalue weighted by Gasteiger charge is 2.02. The summed E-state index contributed by atoms with van der Waals surface area (Å²) in [6, 6.07) is 11.1. The van der Waals surface area contributed by atoms with Crippen LogP contribution in [0.4, 0.5) is 11.4 Å². The topological polar surface area (TPSA) is 64.3 Å². The number of thiophene rings is 1. The lowest BCUT2D eigenvalue weighted by Crippen LogP contribution is -2.19. The minimum Gasteiger partial charge on any atom is -0.399 e. The Balaban J connectivity index is 1.65. The van der Waals surface area contributed by atoms with E-state index >= 15 is 0 Å². The van der Waals surface area contributed by atoms with Crippen molar-refractivity contribution in [2.75, 3.05) is 24.3 Å². The van der Waals surface area contributed by atoms with Crippen LogP contribution in [0.5, 0.6) is 0 Å². The Morgan fingerprint density at radius 3 is 2.74 bits per heavy atom. The Hall–Kier alpha value is -1.85. The molecule has 1 heterocycles. The summed E-state index contributed by atoms with van der Waals surface area (Å²) in [5, 5.41) is 4.78. The van der Waals surface area contributed by atoms with Crippen LogP contribution in [0.3, 0.4) is 0 Å². The summed E-state index contributed by atoms with van der Waals surface area (Å²) in [7, 11) is 0. The van der Waals surface area contributed by atoms with Crippen molar-refractivity contribution < 1.29 is 9.53 Å². The molecule has 1 amide bonds. The summed E-state index contributed by atoms with van der Waals surface area (Å²) in [6.07, 6.45) is 0.840. The summed E-state index contributed by atoms with van der Waals surface area (Å²) >= 11 is 1.69. The molecule has 0 aliphatic carbocycles. The smallest absolute Gasteiger partial charge is 0.250 e. The molecule has 5 heteroatoms. The van der Waals surface area contributed by atoms with Crippen molar-refractivity contribution in [3.63, 3.8) is 0 Å². The number of carbonyl (C=O) groups excluding carboxylic acids is 1. The fraction of sp³-hybridized carbons (Fsp3) is 0.214. The Morgan fingerprint density at radius 2 is 2.05 bits per heavy atom. The third-order valence-corrected chi connectivity index (χ3v) is 3.44. The zero-order valence-electron chi connectivity index (χ0n) is 10.5. The second-order valence-corrected chi connectivity index (χ2v) is 5.08. The Labute approximate surface area is 116 Å². The van der Waals surface area contributed by atoms with Crippen LogP contribution in [-0.4, -0.2) is 19.1 Å². The highest BCUT2D eigenvalue weighted by Crippen LogP contribution is 2.10. The Kier molecular flexibility index (Phi) is 4.94. The van der Waals surface area contributed by atoms with Crippen molar-refractivity contribution in [2.24, 2.45) is 0 Å². The highest BCUT2D eigenvalue weighted by atomic mass is 32.1. The van der Waals surface area contributed by atoms with E-state index in [0.29, 0.717) is 12.3 Å². The quantitative estimate of drug-likeness (QED) is 0.629. The predicted octanol–water partition coefficient (Wildman–Crippen LogP) is 2.53. The van der Waals surface area contributed by atoms with Gasteiger partial charge in [-0.3, -0.25) is 4.79 Å². The van der Waals surface area contributed by atoms with Crippen molar-refractivity contribution in [3.05, 3.63) is 46.7 Å². The summed E-state index contributed by atoms with van der Waals surface area (Å²) in [6.45, 7) is 0.616. The first-order valence-electron chi connectivity index (χ1n) is 5.99. The van der Waals surface area contributed by atoms with Crippen LogP contribution in [-0.2, 0) is 16.0 Å². The number of nitrogens with one attached hydrogen (secondary N) is 1. The van der Waals surface area contributed by atoms with Gasteiger partial charge in [-0.2, -0.15) is 0 Å². The molecule has 0 unspecified atom stereocenters. The lowest BCUT2D eigenvalue weighted by atomic mass is 10.3. The minimum atomic E-state index is -0.157. The molecule has 2 aromatic rings. The van der Waals surface area contributed by atoms with Gasteiger partial charge in [0.2, 0.25) is 5.91 Å². The van der Waals surface area contributed by atoms with Gasteiger partial charge in [0.15, 0.2) is 0 Å². The van der Waals surface area contributed by atoms with Crippen LogP contribution in [0.2, 0.25) is 0 Å². The fourth-order valence-corrected chi connectivity index (χ4v) is 2.25. The number of nitrogen functional groups attached to an aromatic ring is 1. The van der Waals surface area contributed by atoms with Gasteiger partial charge in [0.05, 0.1) is 6.61 Å². The second-order valence-electron chi connectivity index (χ2n) is 4.05.